The molecule has 0 spiro atoms. The maximum absolute atomic E-state index is 14.8. The normalized spacial score (nSPS) is 14.7. The third kappa shape index (κ3) is 5.14. The molecule has 1 aliphatic heterocycles. The highest BCUT2D eigenvalue weighted by molar-refractivity contribution is 5.96. The summed E-state index contributed by atoms with van der Waals surface area (Å²) in [7, 11) is 4.06. The van der Waals surface area contributed by atoms with E-state index in [1.165, 1.54) is 36.4 Å². The lowest BCUT2D eigenvalue weighted by molar-refractivity contribution is -0.137. The van der Waals surface area contributed by atoms with Gasteiger partial charge in [-0.15, -0.1) is 0 Å². The van der Waals surface area contributed by atoms with Crippen molar-refractivity contribution in [3.05, 3.63) is 83.2 Å². The highest BCUT2D eigenvalue weighted by Crippen LogP contribution is 2.40. The molecule has 10 heteroatoms. The quantitative estimate of drug-likeness (QED) is 0.202. The van der Waals surface area contributed by atoms with Crippen LogP contribution in [0, 0.1) is 18.2 Å². The molecule has 0 N–H and O–H groups in total. The van der Waals surface area contributed by atoms with Gasteiger partial charge in [-0.25, -0.2) is 23.6 Å². The molecular weight excluding hydrogens is 513 g/mol. The fraction of sp³-hybridized carbons (Fsp3) is 0.276. The lowest BCUT2D eigenvalue weighted by Gasteiger charge is -2.35. The van der Waals surface area contributed by atoms with Crippen LogP contribution in [0.1, 0.15) is 18.4 Å². The first-order valence-electron chi connectivity index (χ1n) is 12.3. The van der Waals surface area contributed by atoms with Gasteiger partial charge in [0.15, 0.2) is 0 Å². The zero-order chi connectivity index (χ0) is 27.9. The molecule has 4 aromatic rings. The summed E-state index contributed by atoms with van der Waals surface area (Å²) >= 11 is 0. The average Bonchev–Trinajstić information content (AvgIpc) is 2.91. The highest BCUT2D eigenvalue weighted by Gasteiger charge is 2.35. The van der Waals surface area contributed by atoms with Crippen molar-refractivity contribution in [3.8, 4) is 22.4 Å². The molecule has 5 nitrogen and oxygen atoms in total. The minimum Gasteiger partial charge on any atom is -0.341 e. The summed E-state index contributed by atoms with van der Waals surface area (Å²) in [5, 5.41) is 0.339. The van der Waals surface area contributed by atoms with E-state index in [9.17, 15) is 22.0 Å². The Morgan fingerprint density at radius 1 is 0.923 bits per heavy atom. The number of benzene rings is 3. The third-order valence-corrected chi connectivity index (χ3v) is 7.11. The van der Waals surface area contributed by atoms with E-state index in [2.05, 4.69) is 14.7 Å². The molecule has 200 valence electrons. The van der Waals surface area contributed by atoms with Crippen molar-refractivity contribution in [3.63, 3.8) is 0 Å². The predicted octanol–water partition coefficient (Wildman–Crippen LogP) is 7.34. The van der Waals surface area contributed by atoms with Gasteiger partial charge in [-0.2, -0.15) is 13.2 Å². The van der Waals surface area contributed by atoms with Crippen LogP contribution in [0.15, 0.2) is 54.6 Å². The number of aromatic nitrogens is 2. The molecule has 1 aromatic heterocycles. The lowest BCUT2D eigenvalue weighted by Crippen LogP contribution is -2.42. The van der Waals surface area contributed by atoms with E-state index in [1.54, 1.807) is 0 Å². The molecule has 0 unspecified atom stereocenters. The van der Waals surface area contributed by atoms with Gasteiger partial charge >= 0.3 is 6.18 Å². The van der Waals surface area contributed by atoms with Crippen LogP contribution in [0.3, 0.4) is 0 Å². The smallest absolute Gasteiger partial charge is 0.341 e. The molecule has 1 aliphatic rings. The molecule has 1 fully saturated rings. The van der Waals surface area contributed by atoms with E-state index >= 15 is 0 Å². The van der Waals surface area contributed by atoms with Crippen LogP contribution in [0.2, 0.25) is 0 Å². The van der Waals surface area contributed by atoms with E-state index in [0.717, 1.165) is 31.0 Å². The van der Waals surface area contributed by atoms with E-state index in [4.69, 9.17) is 11.6 Å². The SMILES string of the molecule is [C-]#[N+]c1ccc(-c2nc(N3CCC(N(C)C)CC3)nc3ccc(-c4c(F)cccc4C(F)(F)F)cc23)cc1F. The molecule has 0 amide bonds. The number of rotatable bonds is 4. The first kappa shape index (κ1) is 26.5. The monoisotopic (exact) mass is 537 g/mol. The summed E-state index contributed by atoms with van der Waals surface area (Å²) in [6.07, 6.45) is -2.98. The Kier molecular flexibility index (Phi) is 6.95. The number of anilines is 1. The van der Waals surface area contributed by atoms with Crippen molar-refractivity contribution in [2.45, 2.75) is 25.1 Å². The Morgan fingerprint density at radius 2 is 1.64 bits per heavy atom. The van der Waals surface area contributed by atoms with Crippen LogP contribution in [-0.2, 0) is 6.18 Å². The van der Waals surface area contributed by atoms with Gasteiger partial charge in [0.2, 0.25) is 11.6 Å². The molecule has 2 heterocycles. The van der Waals surface area contributed by atoms with Crippen LogP contribution in [0.5, 0.6) is 0 Å². The number of hydrogen-bond acceptors (Lipinski definition) is 4. The molecule has 0 saturated carbocycles. The summed E-state index contributed by atoms with van der Waals surface area (Å²) in [5.74, 6) is -1.34. The summed E-state index contributed by atoms with van der Waals surface area (Å²) in [6.45, 7) is 8.53. The zero-order valence-electron chi connectivity index (χ0n) is 21.2. The zero-order valence-corrected chi connectivity index (χ0v) is 21.2. The van der Waals surface area contributed by atoms with Crippen LogP contribution in [-0.4, -0.2) is 48.1 Å². The Hall–Kier alpha value is -4.10. The standard InChI is InChI=1S/C29H24F5N5/c1-35-25-10-8-18(16-23(25)31)27-20-15-17(26-21(29(32,33)34)5-4-6-22(26)30)7-9-24(20)36-28(37-27)39-13-11-19(12-14-39)38(2)3/h4-10,15-16,19H,11-14H2,2-3H3. The van der Waals surface area contributed by atoms with Gasteiger partial charge in [-0.05, 0) is 62.8 Å². The minimum absolute atomic E-state index is 0.00410. The first-order valence-corrected chi connectivity index (χ1v) is 12.3. The van der Waals surface area contributed by atoms with Crippen LogP contribution in [0.25, 0.3) is 38.1 Å². The topological polar surface area (TPSA) is 36.6 Å². The highest BCUT2D eigenvalue weighted by atomic mass is 19.4. The van der Waals surface area contributed by atoms with Crippen molar-refractivity contribution in [2.75, 3.05) is 32.1 Å². The number of piperidine rings is 1. The second-order valence-electron chi connectivity index (χ2n) is 9.72. The molecule has 0 aliphatic carbocycles. The summed E-state index contributed by atoms with van der Waals surface area (Å²) in [6, 6.07) is 11.6. The van der Waals surface area contributed by atoms with Crippen molar-refractivity contribution < 1.29 is 22.0 Å². The van der Waals surface area contributed by atoms with E-state index in [-0.39, 0.29) is 16.9 Å². The summed E-state index contributed by atoms with van der Waals surface area (Å²) in [4.78, 5) is 16.8. The molecule has 5 rings (SSSR count). The maximum Gasteiger partial charge on any atom is 0.417 e. The lowest BCUT2D eigenvalue weighted by atomic mass is 9.96. The summed E-state index contributed by atoms with van der Waals surface area (Å²) < 4.78 is 70.7. The van der Waals surface area contributed by atoms with Crippen LogP contribution < -0.4 is 4.90 Å². The fourth-order valence-corrected chi connectivity index (χ4v) is 5.01. The summed E-state index contributed by atoms with van der Waals surface area (Å²) in [5.41, 5.74) is -0.807. The van der Waals surface area contributed by atoms with Gasteiger partial charge in [0.25, 0.3) is 0 Å². The van der Waals surface area contributed by atoms with Gasteiger partial charge in [-0.3, -0.25) is 0 Å². The molecule has 0 atom stereocenters. The predicted molar refractivity (Wildman–Crippen MR) is 141 cm³/mol. The second-order valence-corrected chi connectivity index (χ2v) is 9.72. The largest absolute Gasteiger partial charge is 0.417 e. The molecule has 0 bridgehead atoms. The third-order valence-electron chi connectivity index (χ3n) is 7.11. The molecule has 39 heavy (non-hydrogen) atoms. The van der Waals surface area contributed by atoms with Gasteiger partial charge in [0, 0.05) is 35.6 Å². The van der Waals surface area contributed by atoms with Crippen molar-refractivity contribution in [1.82, 2.24) is 14.9 Å². The number of nitrogens with zero attached hydrogens (tertiary/aromatic N) is 5. The second kappa shape index (κ2) is 10.2. The first-order chi connectivity index (χ1) is 18.6. The Balaban J connectivity index is 1.69. The van der Waals surface area contributed by atoms with Gasteiger partial charge < -0.3 is 9.80 Å². The number of alkyl halides is 3. The molecule has 3 aromatic carbocycles. The molecule has 1 saturated heterocycles. The molecule has 0 radical (unpaired) electrons. The Morgan fingerprint density at radius 3 is 2.28 bits per heavy atom. The van der Waals surface area contributed by atoms with Crippen molar-refractivity contribution in [2.24, 2.45) is 0 Å². The van der Waals surface area contributed by atoms with E-state index < -0.39 is 28.9 Å². The van der Waals surface area contributed by atoms with E-state index in [0.29, 0.717) is 41.5 Å². The maximum atomic E-state index is 14.8. The Bertz CT molecular complexity index is 1580. The molecular formula is C29H24F5N5. The fourth-order valence-electron chi connectivity index (χ4n) is 5.01. The van der Waals surface area contributed by atoms with Gasteiger partial charge in [-0.1, -0.05) is 24.3 Å². The van der Waals surface area contributed by atoms with Gasteiger partial charge in [0.1, 0.15) is 11.6 Å². The average molecular weight is 538 g/mol. The Labute approximate surface area is 222 Å². The van der Waals surface area contributed by atoms with Gasteiger partial charge in [0.05, 0.1) is 23.3 Å². The number of hydrogen-bond donors (Lipinski definition) is 0. The number of halogens is 5. The number of fused-ring (bicyclic) bond motifs is 1. The van der Waals surface area contributed by atoms with Crippen LogP contribution >= 0.6 is 0 Å². The van der Waals surface area contributed by atoms with Crippen molar-refractivity contribution in [1.29, 1.82) is 0 Å². The van der Waals surface area contributed by atoms with Crippen molar-refractivity contribution >= 4 is 22.5 Å². The minimum atomic E-state index is -4.77. The van der Waals surface area contributed by atoms with Crippen LogP contribution in [0.4, 0.5) is 33.6 Å². The van der Waals surface area contributed by atoms with E-state index in [1.807, 2.05) is 19.0 Å².